The van der Waals surface area contributed by atoms with Crippen molar-refractivity contribution >= 4 is 0 Å². The van der Waals surface area contributed by atoms with Crippen LogP contribution in [0.3, 0.4) is 0 Å². The Morgan fingerprint density at radius 3 is 2.14 bits per heavy atom. The van der Waals surface area contributed by atoms with Crippen molar-refractivity contribution in [3.8, 4) is 0 Å². The maximum Gasteiger partial charge on any atom is 0.158 e. The third kappa shape index (κ3) is 0.924. The van der Waals surface area contributed by atoms with E-state index in [-0.39, 0.29) is 0 Å². The van der Waals surface area contributed by atoms with Gasteiger partial charge in [-0.15, -0.1) is 0 Å². The molecular formula is C5H10NO. The molecule has 7 heavy (non-hydrogen) atoms. The Hall–Kier alpha value is -0.0800. The van der Waals surface area contributed by atoms with Gasteiger partial charge in [-0.3, -0.25) is 4.90 Å². The Labute approximate surface area is 43.7 Å². The Morgan fingerprint density at radius 2 is 2.14 bits per heavy atom. The SMILES string of the molecule is C[C](O)N1CCC1. The molecule has 0 aromatic rings. The van der Waals surface area contributed by atoms with Gasteiger partial charge >= 0.3 is 0 Å². The molecule has 0 unspecified atom stereocenters. The highest BCUT2D eigenvalue weighted by atomic mass is 16.3. The van der Waals surface area contributed by atoms with Gasteiger partial charge in [-0.25, -0.2) is 0 Å². The minimum atomic E-state index is 0.464. The highest BCUT2D eigenvalue weighted by molar-refractivity contribution is 4.78. The van der Waals surface area contributed by atoms with E-state index >= 15 is 0 Å². The van der Waals surface area contributed by atoms with Crippen molar-refractivity contribution in [2.75, 3.05) is 13.1 Å². The van der Waals surface area contributed by atoms with Crippen LogP contribution in [0.15, 0.2) is 0 Å². The van der Waals surface area contributed by atoms with E-state index in [0.29, 0.717) is 6.23 Å². The summed E-state index contributed by atoms with van der Waals surface area (Å²) in [4.78, 5) is 1.94. The predicted octanol–water partition coefficient (Wildman–Crippen LogP) is 0.574. The summed E-state index contributed by atoms with van der Waals surface area (Å²) in [5.41, 5.74) is 0. The molecule has 2 nitrogen and oxygen atoms in total. The van der Waals surface area contributed by atoms with Crippen LogP contribution >= 0.6 is 0 Å². The zero-order valence-corrected chi connectivity index (χ0v) is 4.52. The molecule has 0 amide bonds. The lowest BCUT2D eigenvalue weighted by Gasteiger charge is -2.31. The summed E-state index contributed by atoms with van der Waals surface area (Å²) in [5, 5.41) is 8.71. The first-order chi connectivity index (χ1) is 3.30. The Kier molecular flexibility index (Phi) is 1.30. The lowest BCUT2D eigenvalue weighted by atomic mass is 10.2. The molecule has 1 N–H and O–H groups in total. The molecule has 1 saturated heterocycles. The maximum absolute atomic E-state index is 8.71. The topological polar surface area (TPSA) is 23.5 Å². The lowest BCUT2D eigenvalue weighted by Crippen LogP contribution is -2.38. The summed E-state index contributed by atoms with van der Waals surface area (Å²) in [6, 6.07) is 0. The monoisotopic (exact) mass is 100 g/mol. The van der Waals surface area contributed by atoms with Crippen LogP contribution in [-0.2, 0) is 0 Å². The van der Waals surface area contributed by atoms with E-state index in [9.17, 15) is 0 Å². The molecule has 1 fully saturated rings. The van der Waals surface area contributed by atoms with Gasteiger partial charge < -0.3 is 5.11 Å². The van der Waals surface area contributed by atoms with Crippen molar-refractivity contribution in [1.82, 2.24) is 4.90 Å². The van der Waals surface area contributed by atoms with Gasteiger partial charge in [-0.1, -0.05) is 0 Å². The van der Waals surface area contributed by atoms with Crippen molar-refractivity contribution in [3.63, 3.8) is 0 Å². The average molecular weight is 100 g/mol. The summed E-state index contributed by atoms with van der Waals surface area (Å²) < 4.78 is 0. The molecule has 0 aliphatic carbocycles. The summed E-state index contributed by atoms with van der Waals surface area (Å²) in [6.45, 7) is 3.81. The van der Waals surface area contributed by atoms with Crippen LogP contribution in [0.5, 0.6) is 0 Å². The van der Waals surface area contributed by atoms with Gasteiger partial charge in [0.15, 0.2) is 6.23 Å². The molecule has 0 aromatic carbocycles. The standard InChI is InChI=1S/C5H10NO/c1-5(7)6-3-2-4-6/h7H,2-4H2,1H3. The highest BCUT2D eigenvalue weighted by Crippen LogP contribution is 2.12. The summed E-state index contributed by atoms with van der Waals surface area (Å²) in [6.07, 6.45) is 1.70. The molecule has 41 valence electrons. The molecule has 0 aromatic heterocycles. The highest BCUT2D eigenvalue weighted by Gasteiger charge is 2.18. The zero-order chi connectivity index (χ0) is 5.28. The third-order valence-corrected chi connectivity index (χ3v) is 1.31. The summed E-state index contributed by atoms with van der Waals surface area (Å²) >= 11 is 0. The van der Waals surface area contributed by atoms with Crippen LogP contribution in [0.2, 0.25) is 0 Å². The molecule has 1 aliphatic heterocycles. The number of aliphatic hydroxyl groups excluding tert-OH is 1. The zero-order valence-electron chi connectivity index (χ0n) is 4.52. The number of hydrogen-bond donors (Lipinski definition) is 1. The van der Waals surface area contributed by atoms with Gasteiger partial charge in [0.25, 0.3) is 0 Å². The molecule has 0 spiro atoms. The summed E-state index contributed by atoms with van der Waals surface area (Å²) in [5.74, 6) is 0. The molecule has 0 bridgehead atoms. The number of likely N-dealkylation sites (tertiary alicyclic amines) is 1. The predicted molar refractivity (Wildman–Crippen MR) is 27.0 cm³/mol. The van der Waals surface area contributed by atoms with Crippen LogP contribution in [-0.4, -0.2) is 23.1 Å². The molecular weight excluding hydrogens is 90.1 g/mol. The average Bonchev–Trinajstić information content (AvgIpc) is 1.23. The van der Waals surface area contributed by atoms with E-state index in [2.05, 4.69) is 0 Å². The molecule has 0 saturated carbocycles. The van der Waals surface area contributed by atoms with Crippen LogP contribution in [0, 0.1) is 6.23 Å². The number of hydrogen-bond acceptors (Lipinski definition) is 2. The van der Waals surface area contributed by atoms with Crippen molar-refractivity contribution < 1.29 is 5.11 Å². The summed E-state index contributed by atoms with van der Waals surface area (Å²) in [7, 11) is 0. The first kappa shape index (κ1) is 5.06. The van der Waals surface area contributed by atoms with Crippen LogP contribution in [0.1, 0.15) is 13.3 Å². The van der Waals surface area contributed by atoms with Crippen molar-refractivity contribution in [2.24, 2.45) is 0 Å². The smallest absolute Gasteiger partial charge is 0.158 e. The van der Waals surface area contributed by atoms with Gasteiger partial charge in [0.1, 0.15) is 0 Å². The van der Waals surface area contributed by atoms with Gasteiger partial charge in [0.2, 0.25) is 0 Å². The molecule has 1 heterocycles. The van der Waals surface area contributed by atoms with Gasteiger partial charge in [-0.05, 0) is 13.3 Å². The Bertz CT molecular complexity index is 59.1. The van der Waals surface area contributed by atoms with E-state index in [0.717, 1.165) is 13.1 Å². The first-order valence-electron chi connectivity index (χ1n) is 2.58. The van der Waals surface area contributed by atoms with Gasteiger partial charge in [0.05, 0.1) is 0 Å². The third-order valence-electron chi connectivity index (χ3n) is 1.31. The first-order valence-corrected chi connectivity index (χ1v) is 2.58. The van der Waals surface area contributed by atoms with Crippen LogP contribution in [0.4, 0.5) is 0 Å². The number of aliphatic hydroxyl groups is 1. The minimum absolute atomic E-state index is 0.464. The number of nitrogens with zero attached hydrogens (tertiary/aromatic N) is 1. The second kappa shape index (κ2) is 1.80. The van der Waals surface area contributed by atoms with Crippen molar-refractivity contribution in [3.05, 3.63) is 6.23 Å². The second-order valence-electron chi connectivity index (χ2n) is 1.89. The minimum Gasteiger partial charge on any atom is -0.371 e. The van der Waals surface area contributed by atoms with E-state index in [4.69, 9.17) is 5.11 Å². The van der Waals surface area contributed by atoms with Crippen LogP contribution in [0.25, 0.3) is 0 Å². The number of rotatable bonds is 1. The fraction of sp³-hybridized carbons (Fsp3) is 0.800. The van der Waals surface area contributed by atoms with Gasteiger partial charge in [0, 0.05) is 13.1 Å². The molecule has 0 atom stereocenters. The Morgan fingerprint density at radius 1 is 1.57 bits per heavy atom. The fourth-order valence-electron chi connectivity index (χ4n) is 0.640. The quantitative estimate of drug-likeness (QED) is 0.521. The van der Waals surface area contributed by atoms with Crippen molar-refractivity contribution in [2.45, 2.75) is 13.3 Å². The van der Waals surface area contributed by atoms with Crippen molar-refractivity contribution in [1.29, 1.82) is 0 Å². The maximum atomic E-state index is 8.71. The van der Waals surface area contributed by atoms with Gasteiger partial charge in [-0.2, -0.15) is 0 Å². The normalized spacial score (nSPS) is 22.7. The molecule has 1 rings (SSSR count). The lowest BCUT2D eigenvalue weighted by molar-refractivity contribution is 0.0704. The van der Waals surface area contributed by atoms with E-state index in [1.165, 1.54) is 6.42 Å². The molecule has 1 radical (unpaired) electrons. The molecule has 2 heteroatoms. The largest absolute Gasteiger partial charge is 0.371 e. The molecule has 1 aliphatic rings. The fourth-order valence-corrected chi connectivity index (χ4v) is 0.640. The van der Waals surface area contributed by atoms with E-state index in [1.54, 1.807) is 6.92 Å². The van der Waals surface area contributed by atoms with E-state index < -0.39 is 0 Å². The Balaban J connectivity index is 2.14. The van der Waals surface area contributed by atoms with E-state index in [1.807, 2.05) is 4.90 Å². The second-order valence-corrected chi connectivity index (χ2v) is 1.89. The van der Waals surface area contributed by atoms with Crippen LogP contribution < -0.4 is 0 Å².